The maximum absolute atomic E-state index is 12.9. The smallest absolute Gasteiger partial charge is 0.307 e. The van der Waals surface area contributed by atoms with Gasteiger partial charge < -0.3 is 4.52 Å². The highest BCUT2D eigenvalue weighted by Gasteiger charge is 2.39. The Hall–Kier alpha value is -1.32. The maximum atomic E-state index is 12.9. The molecule has 0 N–H and O–H groups in total. The monoisotopic (exact) mass is 367 g/mol. The molecule has 0 saturated carbocycles. The molecule has 0 heterocycles. The van der Waals surface area contributed by atoms with E-state index in [1.165, 1.54) is 24.3 Å². The van der Waals surface area contributed by atoms with Gasteiger partial charge in [-0.25, -0.2) is 0 Å². The molecular weight excluding hydrogens is 349 g/mol. The molecule has 0 saturated heterocycles. The SMILES string of the molecule is CCOP(=O)(OOS(C)(=O)=O)C(CC)c1cccc([N+](=O)[O-])c1. The second-order valence-corrected chi connectivity index (χ2v) is 8.24. The van der Waals surface area contributed by atoms with Gasteiger partial charge in [-0.1, -0.05) is 23.4 Å². The quantitative estimate of drug-likeness (QED) is 0.282. The molecule has 0 fully saturated rings. The number of rotatable bonds is 9. The summed E-state index contributed by atoms with van der Waals surface area (Å²) in [5.41, 5.74) is -0.771. The van der Waals surface area contributed by atoms with Gasteiger partial charge in [-0.3, -0.25) is 14.7 Å². The Labute approximate surface area is 134 Å². The summed E-state index contributed by atoms with van der Waals surface area (Å²) in [4.78, 5) is 10.3. The van der Waals surface area contributed by atoms with Crippen LogP contribution in [0.25, 0.3) is 0 Å². The van der Waals surface area contributed by atoms with Gasteiger partial charge in [-0.05, 0) is 18.9 Å². The minimum absolute atomic E-state index is 0.0180. The fourth-order valence-corrected chi connectivity index (χ4v) is 4.37. The molecule has 2 unspecified atom stereocenters. The Morgan fingerprint density at radius 1 is 1.35 bits per heavy atom. The van der Waals surface area contributed by atoms with Crippen LogP contribution in [0.4, 0.5) is 5.69 Å². The lowest BCUT2D eigenvalue weighted by Crippen LogP contribution is -2.10. The van der Waals surface area contributed by atoms with Crippen LogP contribution in [0, 0.1) is 10.1 Å². The zero-order chi connectivity index (χ0) is 17.7. The summed E-state index contributed by atoms with van der Waals surface area (Å²) in [6, 6.07) is 5.49. The van der Waals surface area contributed by atoms with Gasteiger partial charge in [0.25, 0.3) is 15.8 Å². The Morgan fingerprint density at radius 3 is 2.48 bits per heavy atom. The normalized spacial score (nSPS) is 15.8. The molecule has 1 aromatic carbocycles. The minimum atomic E-state index is -4.02. The summed E-state index contributed by atoms with van der Waals surface area (Å²) in [7, 11) is -8.03. The summed E-state index contributed by atoms with van der Waals surface area (Å²) in [5.74, 6) is 0. The van der Waals surface area contributed by atoms with Crippen molar-refractivity contribution in [3.63, 3.8) is 0 Å². The highest BCUT2D eigenvalue weighted by Crippen LogP contribution is 2.62. The number of nitro groups is 1. The lowest BCUT2D eigenvalue weighted by atomic mass is 10.1. The molecular formula is C12H18NO8PS. The molecule has 0 aliphatic heterocycles. The Balaban J connectivity index is 3.22. The highest BCUT2D eigenvalue weighted by molar-refractivity contribution is 7.86. The van der Waals surface area contributed by atoms with Crippen LogP contribution in [0.2, 0.25) is 0 Å². The highest BCUT2D eigenvalue weighted by atomic mass is 32.2. The molecule has 0 bridgehead atoms. The van der Waals surface area contributed by atoms with Gasteiger partial charge in [0.2, 0.25) is 0 Å². The van der Waals surface area contributed by atoms with E-state index in [-0.39, 0.29) is 18.7 Å². The third kappa shape index (κ3) is 5.67. The van der Waals surface area contributed by atoms with Crippen LogP contribution in [0.3, 0.4) is 0 Å². The zero-order valence-corrected chi connectivity index (χ0v) is 14.6. The molecule has 0 radical (unpaired) electrons. The number of nitro benzene ring substituents is 1. The number of hydrogen-bond donors (Lipinski definition) is 0. The van der Waals surface area contributed by atoms with Gasteiger partial charge >= 0.3 is 7.60 Å². The van der Waals surface area contributed by atoms with Crippen molar-refractivity contribution in [1.29, 1.82) is 0 Å². The Bertz CT molecular complexity index is 705. The molecule has 23 heavy (non-hydrogen) atoms. The lowest BCUT2D eigenvalue weighted by molar-refractivity contribution is -0.384. The molecule has 0 spiro atoms. The van der Waals surface area contributed by atoms with Gasteiger partial charge in [0.15, 0.2) is 0 Å². The van der Waals surface area contributed by atoms with Gasteiger partial charge in [0, 0.05) is 12.1 Å². The molecule has 0 aromatic heterocycles. The van der Waals surface area contributed by atoms with E-state index >= 15 is 0 Å². The summed E-state index contributed by atoms with van der Waals surface area (Å²) in [5, 5.41) is 10.9. The largest absolute Gasteiger partial charge is 0.366 e. The van der Waals surface area contributed by atoms with Crippen molar-refractivity contribution in [2.24, 2.45) is 0 Å². The molecule has 0 aliphatic rings. The van der Waals surface area contributed by atoms with E-state index in [1.54, 1.807) is 13.8 Å². The summed E-state index contributed by atoms with van der Waals surface area (Å²) in [6.45, 7) is 3.20. The van der Waals surface area contributed by atoms with Crippen molar-refractivity contribution < 1.29 is 31.4 Å². The molecule has 130 valence electrons. The van der Waals surface area contributed by atoms with Crippen LogP contribution in [0.5, 0.6) is 0 Å². The van der Waals surface area contributed by atoms with E-state index in [4.69, 9.17) is 4.52 Å². The zero-order valence-electron chi connectivity index (χ0n) is 12.9. The van der Waals surface area contributed by atoms with E-state index in [2.05, 4.69) is 9.01 Å². The average molecular weight is 367 g/mol. The Kier molecular flexibility index (Phi) is 6.84. The summed E-state index contributed by atoms with van der Waals surface area (Å²) >= 11 is 0. The molecule has 1 aromatic rings. The minimum Gasteiger partial charge on any atom is -0.307 e. The predicted molar refractivity (Wildman–Crippen MR) is 82.4 cm³/mol. The van der Waals surface area contributed by atoms with E-state index in [9.17, 15) is 23.1 Å². The van der Waals surface area contributed by atoms with Crippen LogP contribution in [0.1, 0.15) is 31.5 Å². The second kappa shape index (κ2) is 7.98. The van der Waals surface area contributed by atoms with Crippen molar-refractivity contribution in [2.45, 2.75) is 25.9 Å². The van der Waals surface area contributed by atoms with Gasteiger partial charge in [0.1, 0.15) is 0 Å². The molecule has 9 nitrogen and oxygen atoms in total. The molecule has 1 rings (SSSR count). The summed E-state index contributed by atoms with van der Waals surface area (Å²) < 4.78 is 48.9. The van der Waals surface area contributed by atoms with Crippen molar-refractivity contribution in [3.05, 3.63) is 39.9 Å². The van der Waals surface area contributed by atoms with Crippen LogP contribution in [-0.4, -0.2) is 26.2 Å². The number of nitrogens with zero attached hydrogens (tertiary/aromatic N) is 1. The van der Waals surface area contributed by atoms with E-state index in [1.807, 2.05) is 0 Å². The lowest BCUT2D eigenvalue weighted by Gasteiger charge is -2.24. The Morgan fingerprint density at radius 2 is 2.00 bits per heavy atom. The third-order valence-corrected chi connectivity index (χ3v) is 5.54. The van der Waals surface area contributed by atoms with Crippen LogP contribution in [0.15, 0.2) is 24.3 Å². The first-order valence-corrected chi connectivity index (χ1v) is 10.1. The fourth-order valence-electron chi connectivity index (χ4n) is 1.93. The molecule has 0 aliphatic carbocycles. The third-order valence-electron chi connectivity index (χ3n) is 2.80. The summed E-state index contributed by atoms with van der Waals surface area (Å²) in [6.07, 6.45) is 0.961. The first-order chi connectivity index (χ1) is 10.6. The number of non-ortho nitro benzene ring substituents is 1. The fraction of sp³-hybridized carbons (Fsp3) is 0.500. The van der Waals surface area contributed by atoms with Crippen LogP contribution >= 0.6 is 7.60 Å². The second-order valence-electron chi connectivity index (χ2n) is 4.58. The van der Waals surface area contributed by atoms with Gasteiger partial charge in [-0.15, -0.1) is 4.67 Å². The first kappa shape index (κ1) is 19.7. The van der Waals surface area contributed by atoms with Crippen LogP contribution < -0.4 is 0 Å². The van der Waals surface area contributed by atoms with E-state index in [0.717, 1.165) is 6.26 Å². The van der Waals surface area contributed by atoms with E-state index in [0.29, 0.717) is 5.56 Å². The van der Waals surface area contributed by atoms with Gasteiger partial charge in [-0.2, -0.15) is 8.42 Å². The average Bonchev–Trinajstić information content (AvgIpc) is 2.46. The van der Waals surface area contributed by atoms with E-state index < -0.39 is 28.3 Å². The standard InChI is InChI=1S/C12H18NO8PS/c1-4-12(10-7-6-8-11(9-10)13(14)15)22(16,19-5-2)20-21-23(3,17)18/h6-9,12H,4-5H2,1-3H3. The van der Waals surface area contributed by atoms with Crippen molar-refractivity contribution in [3.8, 4) is 0 Å². The van der Waals surface area contributed by atoms with Gasteiger partial charge in [0.05, 0.1) is 23.4 Å². The number of benzene rings is 1. The maximum Gasteiger partial charge on any atom is 0.366 e. The molecule has 0 amide bonds. The number of hydrogen-bond acceptors (Lipinski definition) is 8. The van der Waals surface area contributed by atoms with Crippen molar-refractivity contribution >= 4 is 23.4 Å². The first-order valence-electron chi connectivity index (χ1n) is 6.69. The molecule has 2 atom stereocenters. The predicted octanol–water partition coefficient (Wildman–Crippen LogP) is 3.18. The van der Waals surface area contributed by atoms with Crippen molar-refractivity contribution in [1.82, 2.24) is 0 Å². The van der Waals surface area contributed by atoms with Crippen molar-refractivity contribution in [2.75, 3.05) is 12.9 Å². The van der Waals surface area contributed by atoms with Crippen LogP contribution in [-0.2, 0) is 28.2 Å². The molecule has 11 heteroatoms. The topological polar surface area (TPSA) is 122 Å².